The Balaban J connectivity index is 1.99. The smallest absolute Gasteiger partial charge is 0.291 e. The van der Waals surface area contributed by atoms with Gasteiger partial charge in [0.25, 0.3) is 5.91 Å². The van der Waals surface area contributed by atoms with Gasteiger partial charge in [0.2, 0.25) is 5.82 Å². The second-order valence-corrected chi connectivity index (χ2v) is 4.69. The highest BCUT2D eigenvalue weighted by atomic mass is 16.2. The number of carbonyl (C=O) groups is 1. The van der Waals surface area contributed by atoms with Gasteiger partial charge in [0.05, 0.1) is 11.6 Å². The van der Waals surface area contributed by atoms with Crippen LogP contribution in [0.25, 0.3) is 0 Å². The van der Waals surface area contributed by atoms with E-state index in [-0.39, 0.29) is 17.6 Å². The van der Waals surface area contributed by atoms with Gasteiger partial charge in [-0.1, -0.05) is 26.0 Å². The molecule has 6 heteroatoms. The molecule has 1 aromatic carbocycles. The van der Waals surface area contributed by atoms with E-state index in [4.69, 9.17) is 5.26 Å². The Morgan fingerprint density at radius 1 is 1.50 bits per heavy atom. The maximum Gasteiger partial charge on any atom is 0.291 e. The summed E-state index contributed by atoms with van der Waals surface area (Å²) in [5.41, 5.74) is 1.42. The van der Waals surface area contributed by atoms with Crippen molar-refractivity contribution in [1.29, 1.82) is 5.26 Å². The fourth-order valence-electron chi connectivity index (χ4n) is 1.65. The first-order chi connectivity index (χ1) is 9.60. The second kappa shape index (κ2) is 5.97. The fraction of sp³-hybridized carbons (Fsp3) is 0.286. The minimum absolute atomic E-state index is 0.130. The number of carbonyl (C=O) groups excluding carboxylic acids is 1. The van der Waals surface area contributed by atoms with Gasteiger partial charge in [-0.15, -0.1) is 5.10 Å². The number of hydrogen-bond donors (Lipinski definition) is 2. The predicted octanol–water partition coefficient (Wildman–Crippen LogP) is 1.73. The molecule has 0 bridgehead atoms. The maximum atomic E-state index is 11.9. The fourth-order valence-corrected chi connectivity index (χ4v) is 1.65. The average Bonchev–Trinajstić information content (AvgIpc) is 2.95. The average molecular weight is 269 g/mol. The molecule has 1 amide bonds. The van der Waals surface area contributed by atoms with Gasteiger partial charge in [0.1, 0.15) is 5.82 Å². The molecule has 0 unspecified atom stereocenters. The van der Waals surface area contributed by atoms with Crippen molar-refractivity contribution in [2.24, 2.45) is 0 Å². The Morgan fingerprint density at radius 2 is 2.30 bits per heavy atom. The lowest BCUT2D eigenvalue weighted by Gasteiger charge is -2.03. The summed E-state index contributed by atoms with van der Waals surface area (Å²) < 4.78 is 0. The largest absolute Gasteiger partial charge is 0.345 e. The second-order valence-electron chi connectivity index (χ2n) is 4.69. The van der Waals surface area contributed by atoms with E-state index in [1.165, 1.54) is 0 Å². The van der Waals surface area contributed by atoms with Gasteiger partial charge in [0.15, 0.2) is 0 Å². The number of H-pyrrole nitrogens is 1. The molecule has 1 heterocycles. The molecule has 1 aromatic heterocycles. The van der Waals surface area contributed by atoms with E-state index in [9.17, 15) is 4.79 Å². The van der Waals surface area contributed by atoms with Crippen molar-refractivity contribution in [1.82, 2.24) is 20.5 Å². The van der Waals surface area contributed by atoms with Gasteiger partial charge in [0, 0.05) is 12.5 Å². The summed E-state index contributed by atoms with van der Waals surface area (Å²) in [5.74, 6) is 0.665. The van der Waals surface area contributed by atoms with E-state index in [1.807, 2.05) is 19.9 Å². The Kier molecular flexibility index (Phi) is 4.11. The van der Waals surface area contributed by atoms with Gasteiger partial charge in [-0.25, -0.2) is 4.98 Å². The normalized spacial score (nSPS) is 10.3. The van der Waals surface area contributed by atoms with Crippen LogP contribution in [0.3, 0.4) is 0 Å². The molecule has 2 N–H and O–H groups in total. The summed E-state index contributed by atoms with van der Waals surface area (Å²) in [6.07, 6.45) is 0. The predicted molar refractivity (Wildman–Crippen MR) is 72.8 cm³/mol. The van der Waals surface area contributed by atoms with Crippen molar-refractivity contribution in [2.75, 3.05) is 0 Å². The Morgan fingerprint density at radius 3 is 2.95 bits per heavy atom. The number of hydrogen-bond acceptors (Lipinski definition) is 4. The van der Waals surface area contributed by atoms with E-state index in [0.29, 0.717) is 17.9 Å². The van der Waals surface area contributed by atoms with E-state index < -0.39 is 0 Å². The molecule has 0 aliphatic rings. The molecule has 0 aliphatic carbocycles. The number of aromatic amines is 1. The number of nitrogens with one attached hydrogen (secondary N) is 2. The van der Waals surface area contributed by atoms with Crippen LogP contribution in [0.2, 0.25) is 0 Å². The van der Waals surface area contributed by atoms with Crippen LogP contribution in [0.1, 0.15) is 47.3 Å². The molecule has 0 fully saturated rings. The van der Waals surface area contributed by atoms with E-state index in [2.05, 4.69) is 26.6 Å². The van der Waals surface area contributed by atoms with Gasteiger partial charge in [-0.05, 0) is 17.7 Å². The van der Waals surface area contributed by atoms with Crippen molar-refractivity contribution < 1.29 is 4.79 Å². The molecule has 0 radical (unpaired) electrons. The van der Waals surface area contributed by atoms with E-state index >= 15 is 0 Å². The number of rotatable bonds is 4. The summed E-state index contributed by atoms with van der Waals surface area (Å²) in [4.78, 5) is 16.0. The zero-order valence-electron chi connectivity index (χ0n) is 11.3. The monoisotopic (exact) mass is 269 g/mol. The van der Waals surface area contributed by atoms with Gasteiger partial charge >= 0.3 is 0 Å². The molecular weight excluding hydrogens is 254 g/mol. The summed E-state index contributed by atoms with van der Waals surface area (Å²) in [7, 11) is 0. The van der Waals surface area contributed by atoms with Crippen LogP contribution in [0.15, 0.2) is 24.3 Å². The molecule has 0 aliphatic heterocycles. The standard InChI is InChI=1S/C14H15N5O/c1-9(2)12-17-13(19-18-12)14(20)16-8-11-5-3-4-10(6-11)7-15/h3-6,9H,8H2,1-2H3,(H,16,20)(H,17,18,19). The molecule has 2 aromatic rings. The lowest BCUT2D eigenvalue weighted by Crippen LogP contribution is -2.24. The molecular formula is C14H15N5O. The summed E-state index contributed by atoms with van der Waals surface area (Å²) in [6, 6.07) is 9.14. The van der Waals surface area contributed by atoms with Gasteiger partial charge in [-0.2, -0.15) is 5.26 Å². The van der Waals surface area contributed by atoms with Crippen LogP contribution in [0.5, 0.6) is 0 Å². The SMILES string of the molecule is CC(C)c1nc(C(=O)NCc2cccc(C#N)c2)n[nH]1. The summed E-state index contributed by atoms with van der Waals surface area (Å²) in [5, 5.41) is 18.2. The lowest BCUT2D eigenvalue weighted by molar-refractivity contribution is 0.0941. The van der Waals surface area contributed by atoms with Crippen molar-refractivity contribution in [2.45, 2.75) is 26.3 Å². The van der Waals surface area contributed by atoms with Crippen LogP contribution in [-0.4, -0.2) is 21.1 Å². The van der Waals surface area contributed by atoms with Crippen molar-refractivity contribution in [3.8, 4) is 6.07 Å². The minimum Gasteiger partial charge on any atom is -0.345 e. The molecule has 2 rings (SSSR count). The molecule has 6 nitrogen and oxygen atoms in total. The topological polar surface area (TPSA) is 94.5 Å². The van der Waals surface area contributed by atoms with Crippen LogP contribution in [0.4, 0.5) is 0 Å². The van der Waals surface area contributed by atoms with Crippen molar-refractivity contribution in [3.63, 3.8) is 0 Å². The third kappa shape index (κ3) is 3.20. The maximum absolute atomic E-state index is 11.9. The van der Waals surface area contributed by atoms with Crippen LogP contribution >= 0.6 is 0 Å². The third-order valence-electron chi connectivity index (χ3n) is 2.76. The number of amides is 1. The molecule has 20 heavy (non-hydrogen) atoms. The summed E-state index contributed by atoms with van der Waals surface area (Å²) in [6.45, 7) is 4.27. The first-order valence-corrected chi connectivity index (χ1v) is 6.29. The third-order valence-corrected chi connectivity index (χ3v) is 2.76. The quantitative estimate of drug-likeness (QED) is 0.883. The lowest BCUT2D eigenvalue weighted by atomic mass is 10.1. The highest BCUT2D eigenvalue weighted by molar-refractivity contribution is 5.90. The zero-order valence-corrected chi connectivity index (χ0v) is 11.3. The number of nitriles is 1. The highest BCUT2D eigenvalue weighted by Gasteiger charge is 2.13. The van der Waals surface area contributed by atoms with Crippen LogP contribution in [-0.2, 0) is 6.54 Å². The molecule has 102 valence electrons. The van der Waals surface area contributed by atoms with Crippen molar-refractivity contribution >= 4 is 5.91 Å². The Hall–Kier alpha value is -2.68. The zero-order chi connectivity index (χ0) is 14.5. The van der Waals surface area contributed by atoms with Crippen LogP contribution < -0.4 is 5.32 Å². The number of benzene rings is 1. The van der Waals surface area contributed by atoms with Crippen molar-refractivity contribution in [3.05, 3.63) is 47.0 Å². The molecule has 0 saturated heterocycles. The molecule has 0 atom stereocenters. The first-order valence-electron chi connectivity index (χ1n) is 6.29. The van der Waals surface area contributed by atoms with E-state index in [0.717, 1.165) is 5.56 Å². The van der Waals surface area contributed by atoms with E-state index in [1.54, 1.807) is 18.2 Å². The minimum atomic E-state index is -0.337. The summed E-state index contributed by atoms with van der Waals surface area (Å²) >= 11 is 0. The first kappa shape index (κ1) is 13.7. The molecule has 0 spiro atoms. The highest BCUT2D eigenvalue weighted by Crippen LogP contribution is 2.08. The van der Waals surface area contributed by atoms with Gasteiger partial charge < -0.3 is 5.32 Å². The Bertz CT molecular complexity index is 654. The van der Waals surface area contributed by atoms with Crippen LogP contribution in [0, 0.1) is 11.3 Å². The molecule has 0 saturated carbocycles. The number of aromatic nitrogens is 3. The Labute approximate surface area is 116 Å². The van der Waals surface area contributed by atoms with Gasteiger partial charge in [-0.3, -0.25) is 9.89 Å². The number of nitrogens with zero attached hydrogens (tertiary/aromatic N) is 3.